The molecular weight excluding hydrogens is 196 g/mol. The maximum absolute atomic E-state index is 4.07. The predicted molar refractivity (Wildman–Crippen MR) is 66.6 cm³/mol. The summed E-state index contributed by atoms with van der Waals surface area (Å²) in [6.45, 7) is 4.43. The molecule has 0 fully saturated rings. The van der Waals surface area contributed by atoms with E-state index in [4.69, 9.17) is 0 Å². The van der Waals surface area contributed by atoms with Crippen LogP contribution in [0.15, 0.2) is 30.7 Å². The van der Waals surface area contributed by atoms with Crippen LogP contribution in [0.25, 0.3) is 0 Å². The smallest absolute Gasteiger partial charge is 0.0921 e. The summed E-state index contributed by atoms with van der Waals surface area (Å²) in [6, 6.07) is 6.61. The van der Waals surface area contributed by atoms with Crippen molar-refractivity contribution < 1.29 is 0 Å². The Bertz CT molecular complexity index is 422. The number of aryl methyl sites for hydroxylation is 2. The van der Waals surface area contributed by atoms with Gasteiger partial charge in [-0.25, -0.2) is 4.98 Å². The fourth-order valence-electron chi connectivity index (χ4n) is 2.15. The lowest BCUT2D eigenvalue weighted by Gasteiger charge is -2.12. The highest BCUT2D eigenvalue weighted by Crippen LogP contribution is 2.19. The zero-order valence-electron chi connectivity index (χ0n) is 9.96. The Morgan fingerprint density at radius 2 is 1.81 bits per heavy atom. The van der Waals surface area contributed by atoms with Gasteiger partial charge in [0.1, 0.15) is 0 Å². The van der Waals surface area contributed by atoms with Crippen LogP contribution in [0.4, 0.5) is 0 Å². The van der Waals surface area contributed by atoms with E-state index >= 15 is 0 Å². The van der Waals surface area contributed by atoms with E-state index in [2.05, 4.69) is 42.0 Å². The lowest BCUT2D eigenvalue weighted by molar-refractivity contribution is 0.982. The fraction of sp³-hybridized carbons (Fsp3) is 0.357. The second-order valence-electron chi connectivity index (χ2n) is 4.02. The minimum absolute atomic E-state index is 0.965. The van der Waals surface area contributed by atoms with Crippen LogP contribution in [0.5, 0.6) is 0 Å². The molecule has 2 aromatic rings. The third-order valence-corrected chi connectivity index (χ3v) is 3.05. The molecule has 0 saturated carbocycles. The molecule has 2 rings (SSSR count). The van der Waals surface area contributed by atoms with Crippen LogP contribution in [-0.4, -0.2) is 9.97 Å². The second-order valence-corrected chi connectivity index (χ2v) is 4.02. The van der Waals surface area contributed by atoms with E-state index < -0.39 is 0 Å². The van der Waals surface area contributed by atoms with Crippen LogP contribution in [-0.2, 0) is 19.3 Å². The summed E-state index contributed by atoms with van der Waals surface area (Å²) < 4.78 is 0. The SMILES string of the molecule is CCc1cccc(CC)c1Cc1cnc[nH]1. The van der Waals surface area contributed by atoms with Crippen molar-refractivity contribution in [3.8, 4) is 0 Å². The molecule has 0 aliphatic carbocycles. The molecule has 2 heteroatoms. The number of nitrogens with one attached hydrogen (secondary N) is 1. The lowest BCUT2D eigenvalue weighted by atomic mass is 9.94. The molecule has 0 unspecified atom stereocenters. The Hall–Kier alpha value is -1.57. The average Bonchev–Trinajstić information content (AvgIpc) is 2.82. The predicted octanol–water partition coefficient (Wildman–Crippen LogP) is 3.13. The normalized spacial score (nSPS) is 10.6. The molecule has 0 amide bonds. The maximum atomic E-state index is 4.07. The third-order valence-electron chi connectivity index (χ3n) is 3.05. The standard InChI is InChI=1S/C14H18N2/c1-3-11-6-5-7-12(4-2)14(11)8-13-9-15-10-16-13/h5-7,9-10H,3-4,8H2,1-2H3,(H,15,16). The Labute approximate surface area is 96.7 Å². The molecule has 16 heavy (non-hydrogen) atoms. The highest BCUT2D eigenvalue weighted by Gasteiger charge is 2.07. The van der Waals surface area contributed by atoms with E-state index in [9.17, 15) is 0 Å². The number of rotatable bonds is 4. The topological polar surface area (TPSA) is 28.7 Å². The quantitative estimate of drug-likeness (QED) is 0.832. The third kappa shape index (κ3) is 2.16. The Balaban J connectivity index is 2.37. The van der Waals surface area contributed by atoms with E-state index in [-0.39, 0.29) is 0 Å². The molecule has 1 aromatic heterocycles. The van der Waals surface area contributed by atoms with Crippen LogP contribution in [0.3, 0.4) is 0 Å². The Kier molecular flexibility index (Phi) is 3.40. The van der Waals surface area contributed by atoms with Gasteiger partial charge in [-0.3, -0.25) is 0 Å². The van der Waals surface area contributed by atoms with Gasteiger partial charge in [0.2, 0.25) is 0 Å². The average molecular weight is 214 g/mol. The maximum Gasteiger partial charge on any atom is 0.0921 e. The van der Waals surface area contributed by atoms with Gasteiger partial charge in [0.05, 0.1) is 6.33 Å². The molecule has 2 nitrogen and oxygen atoms in total. The van der Waals surface area contributed by atoms with E-state index in [1.165, 1.54) is 22.4 Å². The molecule has 1 N–H and O–H groups in total. The van der Waals surface area contributed by atoms with Gasteiger partial charge in [-0.05, 0) is 29.5 Å². The van der Waals surface area contributed by atoms with Crippen molar-refractivity contribution in [3.63, 3.8) is 0 Å². The number of aromatic nitrogens is 2. The minimum Gasteiger partial charge on any atom is -0.348 e. The van der Waals surface area contributed by atoms with Gasteiger partial charge in [0.25, 0.3) is 0 Å². The first kappa shape index (κ1) is 10.9. The second kappa shape index (κ2) is 4.97. The van der Waals surface area contributed by atoms with Crippen LogP contribution < -0.4 is 0 Å². The van der Waals surface area contributed by atoms with Gasteiger partial charge >= 0.3 is 0 Å². The number of hydrogen-bond donors (Lipinski definition) is 1. The zero-order valence-corrected chi connectivity index (χ0v) is 9.96. The van der Waals surface area contributed by atoms with Crippen molar-refractivity contribution in [3.05, 3.63) is 53.1 Å². The molecule has 0 spiro atoms. The Morgan fingerprint density at radius 3 is 2.31 bits per heavy atom. The number of H-pyrrole nitrogens is 1. The van der Waals surface area contributed by atoms with E-state index in [0.29, 0.717) is 0 Å². The summed E-state index contributed by atoms with van der Waals surface area (Å²) in [6.07, 6.45) is 6.81. The molecule has 1 heterocycles. The van der Waals surface area contributed by atoms with E-state index in [0.717, 1.165) is 19.3 Å². The van der Waals surface area contributed by atoms with Gasteiger partial charge in [-0.1, -0.05) is 32.0 Å². The summed E-state index contributed by atoms with van der Waals surface area (Å²) in [5.74, 6) is 0. The number of imidazole rings is 1. The summed E-state index contributed by atoms with van der Waals surface area (Å²) in [4.78, 5) is 7.25. The Morgan fingerprint density at radius 1 is 1.12 bits per heavy atom. The van der Waals surface area contributed by atoms with Crippen molar-refractivity contribution in [2.24, 2.45) is 0 Å². The van der Waals surface area contributed by atoms with Crippen molar-refractivity contribution in [2.75, 3.05) is 0 Å². The fourth-order valence-corrected chi connectivity index (χ4v) is 2.15. The molecule has 84 valence electrons. The van der Waals surface area contributed by atoms with Gasteiger partial charge < -0.3 is 4.98 Å². The molecule has 0 saturated heterocycles. The highest BCUT2D eigenvalue weighted by atomic mass is 14.9. The molecule has 0 bridgehead atoms. The monoisotopic (exact) mass is 214 g/mol. The zero-order chi connectivity index (χ0) is 11.4. The summed E-state index contributed by atoms with van der Waals surface area (Å²) in [7, 11) is 0. The van der Waals surface area contributed by atoms with E-state index in [1.807, 2.05) is 6.20 Å². The number of aromatic amines is 1. The van der Waals surface area contributed by atoms with Crippen LogP contribution in [0.2, 0.25) is 0 Å². The molecule has 0 aliphatic heterocycles. The van der Waals surface area contributed by atoms with E-state index in [1.54, 1.807) is 6.33 Å². The molecule has 0 radical (unpaired) electrons. The van der Waals surface area contributed by atoms with Gasteiger partial charge in [-0.15, -0.1) is 0 Å². The lowest BCUT2D eigenvalue weighted by Crippen LogP contribution is -2.00. The molecule has 0 atom stereocenters. The summed E-state index contributed by atoms with van der Waals surface area (Å²) in [5.41, 5.74) is 5.57. The van der Waals surface area contributed by atoms with Gasteiger partial charge in [0, 0.05) is 18.3 Å². The van der Waals surface area contributed by atoms with Crippen LogP contribution in [0, 0.1) is 0 Å². The summed E-state index contributed by atoms with van der Waals surface area (Å²) in [5, 5.41) is 0. The van der Waals surface area contributed by atoms with Crippen molar-refractivity contribution in [2.45, 2.75) is 33.1 Å². The first-order valence-corrected chi connectivity index (χ1v) is 5.92. The van der Waals surface area contributed by atoms with Crippen molar-refractivity contribution in [1.82, 2.24) is 9.97 Å². The van der Waals surface area contributed by atoms with Gasteiger partial charge in [0.15, 0.2) is 0 Å². The van der Waals surface area contributed by atoms with Crippen LogP contribution in [0.1, 0.15) is 36.2 Å². The molecular formula is C14H18N2. The number of nitrogens with zero attached hydrogens (tertiary/aromatic N) is 1. The highest BCUT2D eigenvalue weighted by molar-refractivity contribution is 5.37. The number of hydrogen-bond acceptors (Lipinski definition) is 1. The van der Waals surface area contributed by atoms with Crippen molar-refractivity contribution in [1.29, 1.82) is 0 Å². The van der Waals surface area contributed by atoms with Crippen molar-refractivity contribution >= 4 is 0 Å². The minimum atomic E-state index is 0.965. The molecule has 0 aliphatic rings. The largest absolute Gasteiger partial charge is 0.348 e. The first-order valence-electron chi connectivity index (χ1n) is 5.92. The van der Waals surface area contributed by atoms with Gasteiger partial charge in [-0.2, -0.15) is 0 Å². The number of benzene rings is 1. The first-order chi connectivity index (χ1) is 7.85. The van der Waals surface area contributed by atoms with Crippen LogP contribution >= 0.6 is 0 Å². The summed E-state index contributed by atoms with van der Waals surface area (Å²) >= 11 is 0. The molecule has 1 aromatic carbocycles.